The first-order chi connectivity index (χ1) is 8.94. The predicted molar refractivity (Wildman–Crippen MR) is 83.6 cm³/mol. The van der Waals surface area contributed by atoms with E-state index in [4.69, 9.17) is 15.0 Å². The number of methoxy groups -OCH3 is 1. The number of benzene rings is 1. The van der Waals surface area contributed by atoms with Gasteiger partial charge in [0.2, 0.25) is 0 Å². The number of ether oxygens (including phenoxy) is 1. The van der Waals surface area contributed by atoms with Crippen LogP contribution >= 0.6 is 38.5 Å². The van der Waals surface area contributed by atoms with Gasteiger partial charge in [0.05, 0.1) is 12.2 Å². The van der Waals surface area contributed by atoms with Crippen molar-refractivity contribution >= 4 is 38.5 Å². The van der Waals surface area contributed by atoms with Gasteiger partial charge in [0.15, 0.2) is 5.82 Å². The Morgan fingerprint density at radius 2 is 2.26 bits per heavy atom. The zero-order chi connectivity index (χ0) is 14.0. The summed E-state index contributed by atoms with van der Waals surface area (Å²) < 4.78 is 12.3. The third-order valence-electron chi connectivity index (χ3n) is 2.54. The molecule has 19 heavy (non-hydrogen) atoms. The van der Waals surface area contributed by atoms with E-state index >= 15 is 0 Å². The van der Waals surface area contributed by atoms with Crippen molar-refractivity contribution in [3.8, 4) is 11.5 Å². The minimum Gasteiger partial charge on any atom is -0.382 e. The summed E-state index contributed by atoms with van der Waals surface area (Å²) in [6.07, 6.45) is 0. The summed E-state index contributed by atoms with van der Waals surface area (Å²) in [5.41, 5.74) is 6.16. The zero-order valence-electron chi connectivity index (χ0n) is 10.5. The molecule has 1 heterocycles. The maximum absolute atomic E-state index is 6.08. The molecule has 1 aromatic carbocycles. The molecule has 0 aliphatic heterocycles. The first kappa shape index (κ1) is 14.9. The fourth-order valence-electron chi connectivity index (χ4n) is 1.59. The molecule has 0 aliphatic carbocycles. The minimum absolute atomic E-state index is 0.319. The third kappa shape index (κ3) is 3.33. The lowest BCUT2D eigenvalue weighted by atomic mass is 10.1. The van der Waals surface area contributed by atoms with Crippen LogP contribution in [0.3, 0.4) is 0 Å². The minimum atomic E-state index is -0.773. The number of hydrogen-bond acceptors (Lipinski definition) is 5. The van der Waals surface area contributed by atoms with Crippen LogP contribution in [0, 0.1) is 3.57 Å². The molecule has 102 valence electrons. The average molecular weight is 438 g/mol. The molecule has 2 N–H and O–H groups in total. The van der Waals surface area contributed by atoms with Crippen LogP contribution in [0.25, 0.3) is 11.5 Å². The standard InChI is InChI=1S/C12H13BrIN3O2/c1-12(15,6-18-2)11-16-10(19-17-11)8-5-7(14)3-4-9(8)13/h3-5H,6,15H2,1-2H3. The van der Waals surface area contributed by atoms with Crippen LogP contribution in [0.1, 0.15) is 12.7 Å². The highest BCUT2D eigenvalue weighted by Gasteiger charge is 2.28. The molecule has 0 spiro atoms. The van der Waals surface area contributed by atoms with Crippen LogP contribution in [-0.2, 0) is 10.3 Å². The Morgan fingerprint density at radius 1 is 1.53 bits per heavy atom. The molecule has 0 fully saturated rings. The van der Waals surface area contributed by atoms with Gasteiger partial charge < -0.3 is 15.0 Å². The van der Waals surface area contributed by atoms with Gasteiger partial charge in [0.1, 0.15) is 5.54 Å². The zero-order valence-corrected chi connectivity index (χ0v) is 14.2. The van der Waals surface area contributed by atoms with E-state index in [2.05, 4.69) is 48.7 Å². The van der Waals surface area contributed by atoms with Gasteiger partial charge in [-0.05, 0) is 63.6 Å². The summed E-state index contributed by atoms with van der Waals surface area (Å²) in [6.45, 7) is 2.12. The van der Waals surface area contributed by atoms with Crippen molar-refractivity contribution in [1.29, 1.82) is 0 Å². The summed E-state index contributed by atoms with van der Waals surface area (Å²) >= 11 is 5.70. The van der Waals surface area contributed by atoms with Crippen molar-refractivity contribution in [1.82, 2.24) is 10.1 Å². The largest absolute Gasteiger partial charge is 0.382 e. The molecule has 0 radical (unpaired) electrons. The summed E-state index contributed by atoms with van der Waals surface area (Å²) in [7, 11) is 1.59. The first-order valence-electron chi connectivity index (χ1n) is 5.51. The summed E-state index contributed by atoms with van der Waals surface area (Å²) in [6, 6.07) is 5.90. The highest BCUT2D eigenvalue weighted by atomic mass is 127. The SMILES string of the molecule is COCC(C)(N)c1noc(-c2cc(I)ccc2Br)n1. The first-order valence-corrected chi connectivity index (χ1v) is 7.38. The Kier molecular flexibility index (Phi) is 4.59. The lowest BCUT2D eigenvalue weighted by Crippen LogP contribution is -2.38. The van der Waals surface area contributed by atoms with E-state index in [1.807, 2.05) is 18.2 Å². The molecule has 0 bridgehead atoms. The highest BCUT2D eigenvalue weighted by Crippen LogP contribution is 2.29. The third-order valence-corrected chi connectivity index (χ3v) is 3.90. The van der Waals surface area contributed by atoms with E-state index in [0.717, 1.165) is 13.6 Å². The molecule has 0 amide bonds. The van der Waals surface area contributed by atoms with Crippen LogP contribution in [0.2, 0.25) is 0 Å². The van der Waals surface area contributed by atoms with Crippen LogP contribution in [-0.4, -0.2) is 23.9 Å². The molecule has 0 saturated carbocycles. The Bertz CT molecular complexity index is 586. The number of hydrogen-bond donors (Lipinski definition) is 1. The van der Waals surface area contributed by atoms with Gasteiger partial charge in [0.25, 0.3) is 5.89 Å². The van der Waals surface area contributed by atoms with Crippen molar-refractivity contribution in [2.75, 3.05) is 13.7 Å². The van der Waals surface area contributed by atoms with Gasteiger partial charge in [-0.25, -0.2) is 0 Å². The summed E-state index contributed by atoms with van der Waals surface area (Å²) in [5.74, 6) is 0.864. The van der Waals surface area contributed by atoms with E-state index in [-0.39, 0.29) is 0 Å². The molecule has 2 aromatic rings. The molecule has 1 atom stereocenters. The number of aromatic nitrogens is 2. The van der Waals surface area contributed by atoms with Crippen LogP contribution in [0.15, 0.2) is 27.2 Å². The van der Waals surface area contributed by atoms with Gasteiger partial charge >= 0.3 is 0 Å². The van der Waals surface area contributed by atoms with Gasteiger partial charge in [-0.15, -0.1) is 0 Å². The average Bonchev–Trinajstić information content (AvgIpc) is 2.82. The van der Waals surface area contributed by atoms with Crippen molar-refractivity contribution in [3.05, 3.63) is 32.1 Å². The Morgan fingerprint density at radius 3 is 2.95 bits per heavy atom. The number of rotatable bonds is 4. The second-order valence-electron chi connectivity index (χ2n) is 4.40. The smallest absolute Gasteiger partial charge is 0.259 e. The molecule has 2 rings (SSSR count). The monoisotopic (exact) mass is 437 g/mol. The summed E-state index contributed by atoms with van der Waals surface area (Å²) in [5, 5.41) is 3.94. The number of nitrogens with two attached hydrogens (primary N) is 1. The number of halogens is 2. The van der Waals surface area contributed by atoms with Gasteiger partial charge in [-0.2, -0.15) is 4.98 Å². The molecule has 1 unspecified atom stereocenters. The quantitative estimate of drug-likeness (QED) is 0.744. The summed E-state index contributed by atoms with van der Waals surface area (Å²) in [4.78, 5) is 4.36. The van der Waals surface area contributed by atoms with Crippen molar-refractivity contribution in [2.45, 2.75) is 12.5 Å². The van der Waals surface area contributed by atoms with E-state index in [1.54, 1.807) is 14.0 Å². The Hall–Kier alpha value is -0.510. The molecular weight excluding hydrogens is 425 g/mol. The van der Waals surface area contributed by atoms with E-state index in [1.165, 1.54) is 0 Å². The van der Waals surface area contributed by atoms with Crippen LogP contribution in [0.4, 0.5) is 0 Å². The molecular formula is C12H13BrIN3O2. The maximum Gasteiger partial charge on any atom is 0.259 e. The number of nitrogens with zero attached hydrogens (tertiary/aromatic N) is 2. The molecule has 0 saturated heterocycles. The molecule has 0 aliphatic rings. The lowest BCUT2D eigenvalue weighted by molar-refractivity contribution is 0.135. The van der Waals surface area contributed by atoms with Crippen LogP contribution < -0.4 is 5.73 Å². The lowest BCUT2D eigenvalue weighted by Gasteiger charge is -2.18. The van der Waals surface area contributed by atoms with E-state index in [0.29, 0.717) is 18.3 Å². The normalized spacial score (nSPS) is 14.4. The topological polar surface area (TPSA) is 74.2 Å². The van der Waals surface area contributed by atoms with Crippen molar-refractivity contribution < 1.29 is 9.26 Å². The van der Waals surface area contributed by atoms with Gasteiger partial charge in [-0.1, -0.05) is 5.16 Å². The Balaban J connectivity index is 2.38. The predicted octanol–water partition coefficient (Wildman–Crippen LogP) is 2.92. The fraction of sp³-hybridized carbons (Fsp3) is 0.333. The van der Waals surface area contributed by atoms with Crippen LogP contribution in [0.5, 0.6) is 0 Å². The second kappa shape index (κ2) is 5.86. The Labute approximate surface area is 133 Å². The van der Waals surface area contributed by atoms with Crippen molar-refractivity contribution in [3.63, 3.8) is 0 Å². The van der Waals surface area contributed by atoms with Crippen molar-refractivity contribution in [2.24, 2.45) is 5.73 Å². The van der Waals surface area contributed by atoms with E-state index < -0.39 is 5.54 Å². The maximum atomic E-state index is 6.08. The highest BCUT2D eigenvalue weighted by molar-refractivity contribution is 14.1. The second-order valence-corrected chi connectivity index (χ2v) is 6.50. The van der Waals surface area contributed by atoms with Gasteiger partial charge in [0, 0.05) is 15.2 Å². The molecule has 5 nitrogen and oxygen atoms in total. The van der Waals surface area contributed by atoms with Gasteiger partial charge in [-0.3, -0.25) is 0 Å². The molecule has 1 aromatic heterocycles. The van der Waals surface area contributed by atoms with E-state index in [9.17, 15) is 0 Å². The molecule has 7 heteroatoms. The fourth-order valence-corrected chi connectivity index (χ4v) is 2.50.